The minimum Gasteiger partial charge on any atom is -0.491 e. The van der Waals surface area contributed by atoms with Gasteiger partial charge in [0.15, 0.2) is 0 Å². The average Bonchev–Trinajstić information content (AvgIpc) is 3.33. The van der Waals surface area contributed by atoms with Gasteiger partial charge in [-0.05, 0) is 80.4 Å². The van der Waals surface area contributed by atoms with Crippen LogP contribution in [0.15, 0.2) is 115 Å². The van der Waals surface area contributed by atoms with Crippen molar-refractivity contribution in [3.05, 3.63) is 132 Å². The molecule has 2 N–H and O–H groups in total. The third-order valence-electron chi connectivity index (χ3n) is 7.27. The quantitative estimate of drug-likeness (QED) is 0.220. The van der Waals surface area contributed by atoms with Crippen LogP contribution < -0.4 is 9.47 Å². The fourth-order valence-electron chi connectivity index (χ4n) is 5.53. The molecule has 5 aromatic rings. The molecule has 1 aliphatic rings. The Hall–Kier alpha value is -4.38. The molecule has 4 heteroatoms. The molecule has 0 bridgehead atoms. The molecule has 0 spiro atoms. The lowest BCUT2D eigenvalue weighted by atomic mass is 9.83. The minimum absolute atomic E-state index is 0.0101. The van der Waals surface area contributed by atoms with Gasteiger partial charge in [0, 0.05) is 5.92 Å². The average molecular weight is 515 g/mol. The summed E-state index contributed by atoms with van der Waals surface area (Å²) in [5.41, 5.74) is 11.0. The SMILES string of the molecule is OCCOc1ccc(-c2ccc(C3c4ccccc4-c4ccccc43)c(-c3ccc(OCCO)cc3)c2)cc1. The van der Waals surface area contributed by atoms with E-state index < -0.39 is 0 Å². The van der Waals surface area contributed by atoms with Crippen molar-refractivity contribution in [1.82, 2.24) is 0 Å². The summed E-state index contributed by atoms with van der Waals surface area (Å²) < 4.78 is 11.2. The van der Waals surface area contributed by atoms with Crippen LogP contribution in [0.2, 0.25) is 0 Å². The predicted molar refractivity (Wildman–Crippen MR) is 155 cm³/mol. The molecule has 0 aliphatic heterocycles. The van der Waals surface area contributed by atoms with Crippen molar-refractivity contribution >= 4 is 0 Å². The summed E-state index contributed by atoms with van der Waals surface area (Å²) >= 11 is 0. The highest BCUT2D eigenvalue weighted by Gasteiger charge is 2.31. The third kappa shape index (κ3) is 4.92. The Morgan fingerprint density at radius 1 is 0.462 bits per heavy atom. The van der Waals surface area contributed by atoms with Crippen molar-refractivity contribution in [2.45, 2.75) is 5.92 Å². The summed E-state index contributed by atoms with van der Waals surface area (Å²) in [6.45, 7) is 0.524. The molecular weight excluding hydrogens is 484 g/mol. The molecule has 6 rings (SSSR count). The summed E-state index contributed by atoms with van der Waals surface area (Å²) in [6, 6.07) is 40.2. The molecule has 0 aromatic heterocycles. The van der Waals surface area contributed by atoms with E-state index in [1.54, 1.807) is 0 Å². The van der Waals surface area contributed by atoms with E-state index in [2.05, 4.69) is 91.0 Å². The zero-order valence-corrected chi connectivity index (χ0v) is 21.6. The molecule has 0 atom stereocenters. The van der Waals surface area contributed by atoms with E-state index >= 15 is 0 Å². The summed E-state index contributed by atoms with van der Waals surface area (Å²) in [7, 11) is 0. The summed E-state index contributed by atoms with van der Waals surface area (Å²) in [6.07, 6.45) is 0. The maximum Gasteiger partial charge on any atom is 0.119 e. The lowest BCUT2D eigenvalue weighted by molar-refractivity contribution is 0.201. The monoisotopic (exact) mass is 514 g/mol. The lowest BCUT2D eigenvalue weighted by Gasteiger charge is -2.20. The first-order valence-corrected chi connectivity index (χ1v) is 13.3. The molecule has 0 radical (unpaired) electrons. The van der Waals surface area contributed by atoms with Crippen LogP contribution in [0.3, 0.4) is 0 Å². The molecule has 0 fully saturated rings. The molecule has 0 saturated heterocycles. The van der Waals surface area contributed by atoms with Crippen molar-refractivity contribution in [2.24, 2.45) is 0 Å². The van der Waals surface area contributed by atoms with Gasteiger partial charge in [-0.15, -0.1) is 0 Å². The van der Waals surface area contributed by atoms with Gasteiger partial charge in [-0.3, -0.25) is 0 Å². The van der Waals surface area contributed by atoms with Crippen LogP contribution in [-0.2, 0) is 0 Å². The number of benzene rings is 5. The number of fused-ring (bicyclic) bond motifs is 3. The Bertz CT molecular complexity index is 1530. The molecule has 0 amide bonds. The van der Waals surface area contributed by atoms with Crippen molar-refractivity contribution in [3.63, 3.8) is 0 Å². The van der Waals surface area contributed by atoms with Gasteiger partial charge in [0.05, 0.1) is 13.2 Å². The van der Waals surface area contributed by atoms with Crippen molar-refractivity contribution < 1.29 is 19.7 Å². The Kier molecular flexibility index (Phi) is 7.13. The van der Waals surface area contributed by atoms with Gasteiger partial charge >= 0.3 is 0 Å². The molecule has 4 nitrogen and oxygen atoms in total. The first kappa shape index (κ1) is 24.9. The maximum atomic E-state index is 9.13. The molecule has 194 valence electrons. The predicted octanol–water partition coefficient (Wildman–Crippen LogP) is 6.92. The van der Waals surface area contributed by atoms with Crippen molar-refractivity contribution in [2.75, 3.05) is 26.4 Å². The van der Waals surface area contributed by atoms with E-state index in [0.717, 1.165) is 28.2 Å². The van der Waals surface area contributed by atoms with Gasteiger partial charge in [0.1, 0.15) is 24.7 Å². The third-order valence-corrected chi connectivity index (χ3v) is 7.27. The van der Waals surface area contributed by atoms with Crippen molar-refractivity contribution in [1.29, 1.82) is 0 Å². The number of hydrogen-bond acceptors (Lipinski definition) is 4. The summed E-state index contributed by atoms with van der Waals surface area (Å²) in [5, 5.41) is 18.2. The minimum atomic E-state index is -0.0156. The van der Waals surface area contributed by atoms with Crippen LogP contribution in [0, 0.1) is 0 Å². The number of rotatable bonds is 9. The van der Waals surface area contributed by atoms with E-state index in [1.807, 2.05) is 24.3 Å². The molecule has 1 aliphatic carbocycles. The van der Waals surface area contributed by atoms with Gasteiger partial charge in [0.2, 0.25) is 0 Å². The number of aliphatic hydroxyl groups is 2. The second-order valence-electron chi connectivity index (χ2n) is 9.60. The van der Waals surface area contributed by atoms with Crippen LogP contribution in [0.25, 0.3) is 33.4 Å². The topological polar surface area (TPSA) is 58.9 Å². The first-order chi connectivity index (χ1) is 19.3. The maximum absolute atomic E-state index is 9.13. The van der Waals surface area contributed by atoms with E-state index in [-0.39, 0.29) is 32.3 Å². The molecular formula is C35H30O4. The molecule has 5 aromatic carbocycles. The van der Waals surface area contributed by atoms with Crippen molar-refractivity contribution in [3.8, 4) is 44.9 Å². The van der Waals surface area contributed by atoms with Gasteiger partial charge in [0.25, 0.3) is 0 Å². The molecule has 39 heavy (non-hydrogen) atoms. The van der Waals surface area contributed by atoms with E-state index in [1.165, 1.54) is 33.4 Å². The van der Waals surface area contributed by atoms with E-state index in [4.69, 9.17) is 19.7 Å². The molecule has 0 heterocycles. The summed E-state index contributed by atoms with van der Waals surface area (Å²) in [4.78, 5) is 0. The molecule has 0 unspecified atom stereocenters. The van der Waals surface area contributed by atoms with Crippen LogP contribution >= 0.6 is 0 Å². The summed E-state index contributed by atoms with van der Waals surface area (Å²) in [5.74, 6) is 1.60. The lowest BCUT2D eigenvalue weighted by Crippen LogP contribution is -2.03. The van der Waals surface area contributed by atoms with Crippen LogP contribution in [0.4, 0.5) is 0 Å². The number of hydrogen-bond donors (Lipinski definition) is 2. The highest BCUT2D eigenvalue weighted by atomic mass is 16.5. The fraction of sp³-hybridized carbons (Fsp3) is 0.143. The second kappa shape index (κ2) is 11.2. The van der Waals surface area contributed by atoms with Gasteiger partial charge in [-0.25, -0.2) is 0 Å². The van der Waals surface area contributed by atoms with Crippen LogP contribution in [-0.4, -0.2) is 36.6 Å². The Balaban J connectivity index is 1.47. The normalized spacial score (nSPS) is 12.2. The van der Waals surface area contributed by atoms with E-state index in [0.29, 0.717) is 0 Å². The largest absolute Gasteiger partial charge is 0.491 e. The Morgan fingerprint density at radius 3 is 1.46 bits per heavy atom. The van der Waals surface area contributed by atoms with Gasteiger partial charge in [-0.1, -0.05) is 84.9 Å². The van der Waals surface area contributed by atoms with E-state index in [9.17, 15) is 0 Å². The molecule has 0 saturated carbocycles. The highest BCUT2D eigenvalue weighted by Crippen LogP contribution is 2.50. The number of ether oxygens (including phenoxy) is 2. The van der Waals surface area contributed by atoms with Gasteiger partial charge < -0.3 is 19.7 Å². The zero-order valence-electron chi connectivity index (χ0n) is 21.6. The zero-order chi connectivity index (χ0) is 26.6. The highest BCUT2D eigenvalue weighted by molar-refractivity contribution is 5.84. The smallest absolute Gasteiger partial charge is 0.119 e. The first-order valence-electron chi connectivity index (χ1n) is 13.3. The standard InChI is InChI=1S/C35H30O4/c36-19-21-38-27-14-9-24(10-15-27)26-13-18-33(34(23-26)25-11-16-28(17-12-25)39-22-20-37)35-31-7-3-1-5-29(31)30-6-2-4-8-32(30)35/h1-18,23,35-37H,19-22H2. The Morgan fingerprint density at radius 2 is 0.923 bits per heavy atom. The van der Waals surface area contributed by atoms with Crippen LogP contribution in [0.5, 0.6) is 11.5 Å². The fourth-order valence-corrected chi connectivity index (χ4v) is 5.53. The van der Waals surface area contributed by atoms with Gasteiger partial charge in [-0.2, -0.15) is 0 Å². The number of aliphatic hydroxyl groups excluding tert-OH is 2. The second-order valence-corrected chi connectivity index (χ2v) is 9.60. The van der Waals surface area contributed by atoms with Crippen LogP contribution in [0.1, 0.15) is 22.6 Å². The Labute approximate surface area is 228 Å².